The Morgan fingerprint density at radius 3 is 2.94 bits per heavy atom. The highest BCUT2D eigenvalue weighted by atomic mass is 32.2. The first-order valence-corrected chi connectivity index (χ1v) is 5.73. The van der Waals surface area contributed by atoms with E-state index in [0.29, 0.717) is 10.7 Å². The van der Waals surface area contributed by atoms with E-state index in [9.17, 15) is 10.0 Å². The van der Waals surface area contributed by atoms with Crippen LogP contribution in [-0.4, -0.2) is 16.5 Å². The van der Waals surface area contributed by atoms with Crippen molar-refractivity contribution in [1.29, 1.82) is 0 Å². The number of H-pyrrole nitrogens is 1. The Morgan fingerprint density at radius 1 is 1.38 bits per heavy atom. The third-order valence-electron chi connectivity index (χ3n) is 2.04. The predicted molar refractivity (Wildman–Crippen MR) is 61.2 cm³/mol. The minimum absolute atomic E-state index is 0.0150. The molecule has 0 saturated heterocycles. The Bertz CT molecular complexity index is 482. The van der Waals surface area contributed by atoms with Crippen LogP contribution < -0.4 is 4.73 Å². The molecule has 0 spiro atoms. The van der Waals surface area contributed by atoms with E-state index in [1.54, 1.807) is 36.5 Å². The summed E-state index contributed by atoms with van der Waals surface area (Å²) >= 11 is 1.23. The molecule has 0 aliphatic heterocycles. The van der Waals surface area contributed by atoms with Crippen LogP contribution in [0.2, 0.25) is 0 Å². The molecule has 2 heterocycles. The number of pyridine rings is 1. The van der Waals surface area contributed by atoms with E-state index in [1.807, 2.05) is 0 Å². The molecule has 0 aromatic carbocycles. The molecule has 0 aliphatic carbocycles. The molecule has 82 valence electrons. The van der Waals surface area contributed by atoms with E-state index in [4.69, 9.17) is 0 Å². The van der Waals surface area contributed by atoms with Gasteiger partial charge in [0.25, 0.3) is 5.03 Å². The molecule has 16 heavy (non-hydrogen) atoms. The van der Waals surface area contributed by atoms with Crippen molar-refractivity contribution in [3.8, 4) is 0 Å². The van der Waals surface area contributed by atoms with Gasteiger partial charge in [-0.1, -0.05) is 0 Å². The van der Waals surface area contributed by atoms with E-state index < -0.39 is 0 Å². The molecular formula is C11H10N2O2S. The fourth-order valence-corrected chi connectivity index (χ4v) is 2.04. The second kappa shape index (κ2) is 4.85. The summed E-state index contributed by atoms with van der Waals surface area (Å²) in [6, 6.07) is 8.62. The van der Waals surface area contributed by atoms with Gasteiger partial charge < -0.3 is 10.2 Å². The highest BCUT2D eigenvalue weighted by Gasteiger charge is 2.10. The number of nitrogens with one attached hydrogen (secondary N) is 1. The van der Waals surface area contributed by atoms with Crippen LogP contribution in [0.15, 0.2) is 47.8 Å². The Hall–Kier alpha value is -1.75. The normalized spacial score (nSPS) is 10.2. The smallest absolute Gasteiger partial charge is 0.251 e. The van der Waals surface area contributed by atoms with E-state index >= 15 is 0 Å². The lowest BCUT2D eigenvalue weighted by molar-refractivity contribution is -0.645. The SMILES string of the molecule is O=C(CSc1cccc[n+]1[O-])c1ccc[nH]1. The first-order valence-electron chi connectivity index (χ1n) is 4.75. The molecule has 2 aromatic heterocycles. The van der Waals surface area contributed by atoms with Crippen LogP contribution in [-0.2, 0) is 0 Å². The lowest BCUT2D eigenvalue weighted by Crippen LogP contribution is -2.28. The molecule has 0 radical (unpaired) electrons. The Labute approximate surface area is 96.9 Å². The number of Topliss-reactive ketones (excluding diaryl/α,β-unsaturated/α-hetero) is 1. The summed E-state index contributed by atoms with van der Waals surface area (Å²) in [7, 11) is 0. The van der Waals surface area contributed by atoms with Gasteiger partial charge in [0.2, 0.25) is 0 Å². The molecule has 4 nitrogen and oxygen atoms in total. The fraction of sp³-hybridized carbons (Fsp3) is 0.0909. The van der Waals surface area contributed by atoms with Gasteiger partial charge in [-0.3, -0.25) is 4.79 Å². The second-order valence-electron chi connectivity index (χ2n) is 3.16. The lowest BCUT2D eigenvalue weighted by Gasteiger charge is -2.01. The van der Waals surface area contributed by atoms with E-state index in [-0.39, 0.29) is 11.5 Å². The molecule has 0 fully saturated rings. The topological polar surface area (TPSA) is 59.8 Å². The minimum Gasteiger partial charge on any atom is -0.618 e. The first kappa shape index (κ1) is 10.8. The summed E-state index contributed by atoms with van der Waals surface area (Å²) in [4.78, 5) is 14.5. The first-order chi connectivity index (χ1) is 7.77. The molecule has 0 atom stereocenters. The van der Waals surface area contributed by atoms with Crippen molar-refractivity contribution in [2.24, 2.45) is 0 Å². The number of aromatic nitrogens is 2. The average molecular weight is 234 g/mol. The van der Waals surface area contributed by atoms with E-state index in [0.717, 1.165) is 4.73 Å². The molecule has 0 bridgehead atoms. The van der Waals surface area contributed by atoms with Crippen LogP contribution in [0, 0.1) is 5.21 Å². The fourth-order valence-electron chi connectivity index (χ4n) is 1.25. The third kappa shape index (κ3) is 2.43. The van der Waals surface area contributed by atoms with Crippen molar-refractivity contribution in [2.45, 2.75) is 5.03 Å². The van der Waals surface area contributed by atoms with Crippen LogP contribution in [0.25, 0.3) is 0 Å². The van der Waals surface area contributed by atoms with Crippen molar-refractivity contribution < 1.29 is 9.52 Å². The molecule has 5 heteroatoms. The van der Waals surface area contributed by atoms with Gasteiger partial charge in [0, 0.05) is 18.3 Å². The van der Waals surface area contributed by atoms with Gasteiger partial charge in [-0.25, -0.2) is 0 Å². The van der Waals surface area contributed by atoms with Gasteiger partial charge in [0.15, 0.2) is 12.0 Å². The summed E-state index contributed by atoms with van der Waals surface area (Å²) in [5, 5.41) is 11.8. The van der Waals surface area contributed by atoms with Crippen LogP contribution in [0.3, 0.4) is 0 Å². The van der Waals surface area contributed by atoms with Crippen molar-refractivity contribution in [1.82, 2.24) is 4.98 Å². The number of carbonyl (C=O) groups excluding carboxylic acids is 1. The zero-order valence-electron chi connectivity index (χ0n) is 8.42. The predicted octanol–water partition coefficient (Wildman–Crippen LogP) is 1.62. The van der Waals surface area contributed by atoms with E-state index in [1.165, 1.54) is 18.0 Å². The minimum atomic E-state index is -0.0150. The van der Waals surface area contributed by atoms with Crippen molar-refractivity contribution in [2.75, 3.05) is 5.75 Å². The number of hydrogen-bond donors (Lipinski definition) is 1. The Kier molecular flexibility index (Phi) is 3.26. The molecule has 0 amide bonds. The molecule has 2 rings (SSSR count). The van der Waals surface area contributed by atoms with Crippen molar-refractivity contribution >= 4 is 17.5 Å². The van der Waals surface area contributed by atoms with Gasteiger partial charge in [-0.05, 0) is 30.0 Å². The summed E-state index contributed by atoms with van der Waals surface area (Å²) in [5.74, 6) is 0.242. The monoisotopic (exact) mass is 234 g/mol. The quantitative estimate of drug-likeness (QED) is 0.378. The summed E-state index contributed by atoms with van der Waals surface area (Å²) in [6.45, 7) is 0. The van der Waals surface area contributed by atoms with Crippen LogP contribution in [0.4, 0.5) is 0 Å². The number of ketones is 1. The molecule has 1 N–H and O–H groups in total. The van der Waals surface area contributed by atoms with Crippen molar-refractivity contribution in [3.63, 3.8) is 0 Å². The van der Waals surface area contributed by atoms with Crippen LogP contribution >= 0.6 is 11.8 Å². The highest BCUT2D eigenvalue weighted by molar-refractivity contribution is 7.99. The molecule has 0 aliphatic rings. The third-order valence-corrected chi connectivity index (χ3v) is 3.06. The van der Waals surface area contributed by atoms with Crippen LogP contribution in [0.5, 0.6) is 0 Å². The van der Waals surface area contributed by atoms with Gasteiger partial charge in [0.05, 0.1) is 11.4 Å². The lowest BCUT2D eigenvalue weighted by atomic mass is 10.3. The summed E-state index contributed by atoms with van der Waals surface area (Å²) < 4.78 is 0.757. The largest absolute Gasteiger partial charge is 0.618 e. The zero-order chi connectivity index (χ0) is 11.4. The average Bonchev–Trinajstić information content (AvgIpc) is 2.81. The van der Waals surface area contributed by atoms with Gasteiger partial charge in [0.1, 0.15) is 0 Å². The Balaban J connectivity index is 1.98. The van der Waals surface area contributed by atoms with Crippen LogP contribution in [0.1, 0.15) is 10.5 Å². The number of aromatic amines is 1. The van der Waals surface area contributed by atoms with Gasteiger partial charge in [-0.2, -0.15) is 4.73 Å². The second-order valence-corrected chi connectivity index (χ2v) is 4.16. The highest BCUT2D eigenvalue weighted by Crippen LogP contribution is 2.14. The maximum absolute atomic E-state index is 11.6. The molecule has 0 saturated carbocycles. The number of rotatable bonds is 4. The van der Waals surface area contributed by atoms with E-state index in [2.05, 4.69) is 4.98 Å². The zero-order valence-corrected chi connectivity index (χ0v) is 9.24. The van der Waals surface area contributed by atoms with Gasteiger partial charge in [-0.15, -0.1) is 0 Å². The number of thioether (sulfide) groups is 1. The molecule has 0 unspecified atom stereocenters. The number of carbonyl (C=O) groups is 1. The summed E-state index contributed by atoms with van der Waals surface area (Å²) in [5.41, 5.74) is 0.570. The maximum atomic E-state index is 11.6. The molecular weight excluding hydrogens is 224 g/mol. The number of nitrogens with zero attached hydrogens (tertiary/aromatic N) is 1. The van der Waals surface area contributed by atoms with Gasteiger partial charge >= 0.3 is 0 Å². The molecule has 2 aromatic rings. The van der Waals surface area contributed by atoms with Crippen molar-refractivity contribution in [3.05, 3.63) is 53.6 Å². The Morgan fingerprint density at radius 2 is 2.25 bits per heavy atom. The maximum Gasteiger partial charge on any atom is 0.251 e. The number of hydrogen-bond acceptors (Lipinski definition) is 3. The standard InChI is InChI=1S/C11H10N2O2S/c14-10(9-4-3-6-12-9)8-16-11-5-1-2-7-13(11)15/h1-7,12H,8H2. The summed E-state index contributed by atoms with van der Waals surface area (Å²) in [6.07, 6.45) is 3.12.